The molecule has 3 aromatic rings. The number of carbonyl (C=O) groups is 2. The summed E-state index contributed by atoms with van der Waals surface area (Å²) in [6.07, 6.45) is 1.48. The van der Waals surface area contributed by atoms with Crippen LogP contribution in [0.15, 0.2) is 71.8 Å². The fourth-order valence-corrected chi connectivity index (χ4v) is 2.90. The number of nitrogens with zero attached hydrogens (tertiary/aromatic N) is 1. The van der Waals surface area contributed by atoms with Crippen molar-refractivity contribution in [3.63, 3.8) is 0 Å². The second-order valence-corrected chi connectivity index (χ2v) is 6.77. The lowest BCUT2D eigenvalue weighted by Gasteiger charge is -2.13. The molecule has 0 aliphatic carbocycles. The number of ether oxygens (including phenoxy) is 2. The summed E-state index contributed by atoms with van der Waals surface area (Å²) in [4.78, 5) is 23.2. The van der Waals surface area contributed by atoms with E-state index in [2.05, 4.69) is 10.5 Å². The Hall–Kier alpha value is -4.20. The van der Waals surface area contributed by atoms with Gasteiger partial charge in [-0.15, -0.1) is 0 Å². The molecule has 0 heterocycles. The molecule has 3 aromatic carbocycles. The van der Waals surface area contributed by atoms with Gasteiger partial charge in [-0.3, -0.25) is 4.79 Å². The predicted molar refractivity (Wildman–Crippen MR) is 117 cm³/mol. The first-order valence-electron chi connectivity index (χ1n) is 9.64. The number of benzene rings is 3. The molecule has 0 atom stereocenters. The fraction of sp³-hybridized carbons (Fsp3) is 0.125. The molecule has 1 amide bonds. The fourth-order valence-electron chi connectivity index (χ4n) is 2.90. The first-order valence-corrected chi connectivity index (χ1v) is 9.64. The summed E-state index contributed by atoms with van der Waals surface area (Å²) >= 11 is 0. The van der Waals surface area contributed by atoms with Gasteiger partial charge in [-0.05, 0) is 47.5 Å². The molecule has 2 N–H and O–H groups in total. The van der Waals surface area contributed by atoms with Crippen LogP contribution in [0.5, 0.6) is 11.5 Å². The van der Waals surface area contributed by atoms with E-state index >= 15 is 0 Å². The number of rotatable bonds is 9. The van der Waals surface area contributed by atoms with Gasteiger partial charge in [0.2, 0.25) is 5.91 Å². The first kappa shape index (κ1) is 22.5. The SMILES string of the molecule is COc1cccc(/C=N/NC(=O)Cc2ccc(F)cc2)c1OCc1cccc(C(=O)O)c1. The molecular weight excluding hydrogens is 415 g/mol. The third-order valence-electron chi connectivity index (χ3n) is 4.46. The molecular formula is C24H21FN2O5. The highest BCUT2D eigenvalue weighted by molar-refractivity contribution is 5.88. The number of para-hydroxylation sites is 1. The van der Waals surface area contributed by atoms with Gasteiger partial charge in [-0.1, -0.05) is 30.3 Å². The van der Waals surface area contributed by atoms with Crippen molar-refractivity contribution in [2.45, 2.75) is 13.0 Å². The maximum Gasteiger partial charge on any atom is 0.335 e. The summed E-state index contributed by atoms with van der Waals surface area (Å²) in [5, 5.41) is 13.1. The minimum absolute atomic E-state index is 0.0546. The Morgan fingerprint density at radius 2 is 1.81 bits per heavy atom. The predicted octanol–water partition coefficient (Wildman–Crippen LogP) is 3.80. The van der Waals surface area contributed by atoms with Crippen molar-refractivity contribution < 1.29 is 28.6 Å². The van der Waals surface area contributed by atoms with Crippen LogP contribution in [0, 0.1) is 5.82 Å². The minimum atomic E-state index is -1.02. The number of carboxylic acid groups (broad SMARTS) is 1. The van der Waals surface area contributed by atoms with Gasteiger partial charge < -0.3 is 14.6 Å². The molecule has 7 nitrogen and oxygen atoms in total. The molecule has 3 rings (SSSR count). The van der Waals surface area contributed by atoms with Crippen LogP contribution >= 0.6 is 0 Å². The zero-order valence-electron chi connectivity index (χ0n) is 17.2. The van der Waals surface area contributed by atoms with Gasteiger partial charge in [0.1, 0.15) is 12.4 Å². The van der Waals surface area contributed by atoms with E-state index in [0.29, 0.717) is 28.2 Å². The zero-order chi connectivity index (χ0) is 22.9. The summed E-state index contributed by atoms with van der Waals surface area (Å²) in [5.74, 6) is -0.891. The molecule has 0 radical (unpaired) electrons. The van der Waals surface area contributed by atoms with Crippen molar-refractivity contribution in [1.29, 1.82) is 0 Å². The summed E-state index contributed by atoms with van der Waals surface area (Å²) in [6, 6.07) is 17.3. The van der Waals surface area contributed by atoms with Crippen LogP contribution in [0.3, 0.4) is 0 Å². The molecule has 0 saturated heterocycles. The Morgan fingerprint density at radius 1 is 1.06 bits per heavy atom. The second kappa shape index (κ2) is 10.7. The van der Waals surface area contributed by atoms with Gasteiger partial charge in [0.15, 0.2) is 11.5 Å². The van der Waals surface area contributed by atoms with E-state index in [-0.39, 0.29) is 30.3 Å². The number of hydrogen-bond acceptors (Lipinski definition) is 5. The third-order valence-corrected chi connectivity index (χ3v) is 4.46. The molecule has 164 valence electrons. The van der Waals surface area contributed by atoms with E-state index < -0.39 is 5.97 Å². The van der Waals surface area contributed by atoms with E-state index in [1.165, 1.54) is 49.7 Å². The zero-order valence-corrected chi connectivity index (χ0v) is 17.2. The lowest BCUT2D eigenvalue weighted by Crippen LogP contribution is -2.19. The van der Waals surface area contributed by atoms with E-state index in [4.69, 9.17) is 14.6 Å². The van der Waals surface area contributed by atoms with Crippen molar-refractivity contribution in [2.24, 2.45) is 5.10 Å². The maximum atomic E-state index is 13.0. The number of carbonyl (C=O) groups excluding carboxylic acids is 1. The molecule has 8 heteroatoms. The average Bonchev–Trinajstić information content (AvgIpc) is 2.79. The standard InChI is InChI=1S/C24H21FN2O5/c1-31-21-7-3-6-19(14-26-27-22(28)13-16-8-10-20(25)11-9-16)23(21)32-15-17-4-2-5-18(12-17)24(29)30/h2-12,14H,13,15H2,1H3,(H,27,28)(H,29,30)/b26-14+. The van der Waals surface area contributed by atoms with Gasteiger partial charge in [-0.2, -0.15) is 5.10 Å². The molecule has 0 fully saturated rings. The first-order chi connectivity index (χ1) is 15.5. The number of carboxylic acids is 1. The van der Waals surface area contributed by atoms with E-state index in [0.717, 1.165) is 0 Å². The van der Waals surface area contributed by atoms with Crippen LogP contribution in [0.4, 0.5) is 4.39 Å². The Morgan fingerprint density at radius 3 is 2.53 bits per heavy atom. The summed E-state index contributed by atoms with van der Waals surface area (Å²) in [6.45, 7) is 0.110. The second-order valence-electron chi connectivity index (χ2n) is 6.77. The molecule has 0 aromatic heterocycles. The van der Waals surface area contributed by atoms with E-state index in [9.17, 15) is 14.0 Å². The Bertz CT molecular complexity index is 1130. The van der Waals surface area contributed by atoms with Gasteiger partial charge in [-0.25, -0.2) is 14.6 Å². The topological polar surface area (TPSA) is 97.2 Å². The lowest BCUT2D eigenvalue weighted by molar-refractivity contribution is -0.120. The monoisotopic (exact) mass is 436 g/mol. The average molecular weight is 436 g/mol. The number of amides is 1. The Labute approximate surface area is 184 Å². The number of hydrazone groups is 1. The summed E-state index contributed by atoms with van der Waals surface area (Å²) in [7, 11) is 1.50. The molecule has 0 bridgehead atoms. The van der Waals surface area contributed by atoms with E-state index in [1.807, 2.05) is 0 Å². The largest absolute Gasteiger partial charge is 0.493 e. The van der Waals surface area contributed by atoms with Crippen LogP contribution in [0.25, 0.3) is 0 Å². The third kappa shape index (κ3) is 6.15. The molecule has 0 aliphatic heterocycles. The van der Waals surface area contributed by atoms with Gasteiger partial charge in [0.05, 0.1) is 25.3 Å². The van der Waals surface area contributed by atoms with Gasteiger partial charge >= 0.3 is 5.97 Å². The number of halogens is 1. The molecule has 0 saturated carbocycles. The highest BCUT2D eigenvalue weighted by Crippen LogP contribution is 2.31. The van der Waals surface area contributed by atoms with E-state index in [1.54, 1.807) is 30.3 Å². The van der Waals surface area contributed by atoms with Crippen LogP contribution in [-0.2, 0) is 17.8 Å². The van der Waals surface area contributed by atoms with Gasteiger partial charge in [0.25, 0.3) is 0 Å². The smallest absolute Gasteiger partial charge is 0.335 e. The maximum absolute atomic E-state index is 13.0. The summed E-state index contributed by atoms with van der Waals surface area (Å²) < 4.78 is 24.2. The van der Waals surface area contributed by atoms with Crippen molar-refractivity contribution in [2.75, 3.05) is 7.11 Å². The van der Waals surface area contributed by atoms with Crippen LogP contribution in [0.2, 0.25) is 0 Å². The molecule has 0 unspecified atom stereocenters. The highest BCUT2D eigenvalue weighted by atomic mass is 19.1. The Kier molecular flexibility index (Phi) is 7.53. The van der Waals surface area contributed by atoms with Crippen LogP contribution < -0.4 is 14.9 Å². The van der Waals surface area contributed by atoms with Crippen LogP contribution in [-0.4, -0.2) is 30.3 Å². The van der Waals surface area contributed by atoms with Crippen molar-refractivity contribution >= 4 is 18.1 Å². The summed E-state index contributed by atoms with van der Waals surface area (Å²) in [5.41, 5.74) is 4.48. The molecule has 32 heavy (non-hydrogen) atoms. The normalized spacial score (nSPS) is 10.7. The number of methoxy groups -OCH3 is 1. The highest BCUT2D eigenvalue weighted by Gasteiger charge is 2.11. The number of hydrogen-bond donors (Lipinski definition) is 2. The van der Waals surface area contributed by atoms with Gasteiger partial charge in [0, 0.05) is 5.56 Å². The van der Waals surface area contributed by atoms with Crippen molar-refractivity contribution in [3.8, 4) is 11.5 Å². The van der Waals surface area contributed by atoms with Crippen molar-refractivity contribution in [1.82, 2.24) is 5.43 Å². The lowest BCUT2D eigenvalue weighted by atomic mass is 10.1. The van der Waals surface area contributed by atoms with Crippen molar-refractivity contribution in [3.05, 3.63) is 94.8 Å². The molecule has 0 aliphatic rings. The minimum Gasteiger partial charge on any atom is -0.493 e. The Balaban J connectivity index is 1.68. The number of aromatic carboxylic acids is 1. The van der Waals surface area contributed by atoms with Crippen LogP contribution in [0.1, 0.15) is 27.0 Å². The molecule has 0 spiro atoms. The number of nitrogens with one attached hydrogen (secondary N) is 1. The quantitative estimate of drug-likeness (QED) is 0.393.